The van der Waals surface area contributed by atoms with Crippen molar-refractivity contribution in [3.63, 3.8) is 0 Å². The number of ether oxygens (including phenoxy) is 1. The molecule has 0 saturated heterocycles. The van der Waals surface area contributed by atoms with Gasteiger partial charge in [0.2, 0.25) is 10.0 Å². The molecule has 1 atom stereocenters. The van der Waals surface area contributed by atoms with E-state index in [1.807, 2.05) is 37.4 Å². The molecule has 0 aliphatic carbocycles. The molecule has 5 nitrogen and oxygen atoms in total. The van der Waals surface area contributed by atoms with Gasteiger partial charge in [-0.05, 0) is 43.0 Å². The monoisotopic (exact) mass is 348 g/mol. The van der Waals surface area contributed by atoms with Crippen LogP contribution >= 0.6 is 0 Å². The molecule has 130 valence electrons. The highest BCUT2D eigenvalue weighted by Crippen LogP contribution is 2.26. The number of aryl methyl sites for hydroxylation is 1. The Labute approximate surface area is 143 Å². The second-order valence-corrected chi connectivity index (χ2v) is 8.27. The molecule has 1 aliphatic heterocycles. The Bertz CT molecular complexity index is 798. The normalized spacial score (nSPS) is 19.0. The van der Waals surface area contributed by atoms with Crippen LogP contribution < -0.4 is 0 Å². The van der Waals surface area contributed by atoms with Crippen LogP contribution in [0.2, 0.25) is 0 Å². The van der Waals surface area contributed by atoms with Crippen molar-refractivity contribution in [1.29, 1.82) is 0 Å². The van der Waals surface area contributed by atoms with Crippen LogP contribution in [-0.2, 0) is 27.8 Å². The fraction of sp³-hybridized carbons (Fsp3) is 0.444. The van der Waals surface area contributed by atoms with Gasteiger partial charge in [0, 0.05) is 38.7 Å². The van der Waals surface area contributed by atoms with Crippen molar-refractivity contribution < 1.29 is 13.2 Å². The van der Waals surface area contributed by atoms with Gasteiger partial charge < -0.3 is 9.30 Å². The molecule has 1 aliphatic rings. The van der Waals surface area contributed by atoms with Gasteiger partial charge in [-0.2, -0.15) is 4.31 Å². The summed E-state index contributed by atoms with van der Waals surface area (Å²) < 4.78 is 35.4. The van der Waals surface area contributed by atoms with Crippen molar-refractivity contribution in [2.24, 2.45) is 5.92 Å². The van der Waals surface area contributed by atoms with E-state index >= 15 is 0 Å². The molecular formula is C18H24N2O3S. The molecule has 1 aromatic heterocycles. The summed E-state index contributed by atoms with van der Waals surface area (Å²) in [6.07, 6.45) is 2.87. The maximum atomic E-state index is 13.2. The number of fused-ring (bicyclic) bond motifs is 1. The van der Waals surface area contributed by atoms with E-state index in [2.05, 4.69) is 4.57 Å². The van der Waals surface area contributed by atoms with E-state index in [1.54, 1.807) is 23.5 Å². The number of rotatable bonds is 5. The highest BCUT2D eigenvalue weighted by molar-refractivity contribution is 7.89. The van der Waals surface area contributed by atoms with E-state index < -0.39 is 10.0 Å². The molecule has 3 rings (SSSR count). The molecule has 0 radical (unpaired) electrons. The van der Waals surface area contributed by atoms with Crippen molar-refractivity contribution in [3.8, 4) is 0 Å². The first-order chi connectivity index (χ1) is 11.5. The van der Waals surface area contributed by atoms with Gasteiger partial charge in [-0.1, -0.05) is 18.2 Å². The SMILES string of the molecule is COCC[C@@H]1CN(S(=O)(=O)c2ccccc2C)Cc2cccn2C1. The standard InChI is InChI=1S/C18H24N2O3S/c1-15-6-3-4-8-18(15)24(21,22)20-13-16(9-11-23-2)12-19-10-5-7-17(19)14-20/h3-8,10,16H,9,11-14H2,1-2H3/t16-/m0/s1. The van der Waals surface area contributed by atoms with Crippen LogP contribution in [0, 0.1) is 12.8 Å². The average molecular weight is 348 g/mol. The van der Waals surface area contributed by atoms with Gasteiger partial charge in [0.15, 0.2) is 0 Å². The third-order valence-electron chi connectivity index (χ3n) is 4.62. The van der Waals surface area contributed by atoms with Crippen molar-refractivity contribution in [3.05, 3.63) is 53.9 Å². The van der Waals surface area contributed by atoms with E-state index in [9.17, 15) is 8.42 Å². The fourth-order valence-electron chi connectivity index (χ4n) is 3.28. The summed E-state index contributed by atoms with van der Waals surface area (Å²) in [7, 11) is -1.84. The van der Waals surface area contributed by atoms with Gasteiger partial charge >= 0.3 is 0 Å². The number of benzene rings is 1. The van der Waals surface area contributed by atoms with E-state index in [-0.39, 0.29) is 5.92 Å². The minimum Gasteiger partial charge on any atom is -0.385 e. The number of hydrogen-bond donors (Lipinski definition) is 0. The molecule has 0 bridgehead atoms. The van der Waals surface area contributed by atoms with Gasteiger partial charge in [-0.3, -0.25) is 0 Å². The Morgan fingerprint density at radius 2 is 1.96 bits per heavy atom. The van der Waals surface area contributed by atoms with Gasteiger partial charge in [-0.25, -0.2) is 8.42 Å². The predicted molar refractivity (Wildman–Crippen MR) is 93.2 cm³/mol. The van der Waals surface area contributed by atoms with Crippen LogP contribution in [0.4, 0.5) is 0 Å². The zero-order valence-corrected chi connectivity index (χ0v) is 15.0. The van der Waals surface area contributed by atoms with Gasteiger partial charge in [0.1, 0.15) is 0 Å². The van der Waals surface area contributed by atoms with Gasteiger partial charge in [0.25, 0.3) is 0 Å². The zero-order chi connectivity index (χ0) is 17.2. The largest absolute Gasteiger partial charge is 0.385 e. The smallest absolute Gasteiger partial charge is 0.243 e. The van der Waals surface area contributed by atoms with Gasteiger partial charge in [0.05, 0.1) is 11.4 Å². The molecule has 0 amide bonds. The number of hydrogen-bond acceptors (Lipinski definition) is 3. The Balaban J connectivity index is 1.95. The summed E-state index contributed by atoms with van der Waals surface area (Å²) >= 11 is 0. The lowest BCUT2D eigenvalue weighted by Crippen LogP contribution is -2.34. The number of nitrogens with zero attached hydrogens (tertiary/aromatic N) is 2. The lowest BCUT2D eigenvalue weighted by molar-refractivity contribution is 0.167. The zero-order valence-electron chi connectivity index (χ0n) is 14.2. The summed E-state index contributed by atoms with van der Waals surface area (Å²) in [5, 5.41) is 0. The summed E-state index contributed by atoms with van der Waals surface area (Å²) in [6.45, 7) is 4.23. The molecule has 0 spiro atoms. The maximum Gasteiger partial charge on any atom is 0.243 e. The molecule has 2 heterocycles. The third-order valence-corrected chi connectivity index (χ3v) is 6.59. The molecule has 1 aromatic carbocycles. The first kappa shape index (κ1) is 17.2. The van der Waals surface area contributed by atoms with E-state index in [0.717, 1.165) is 24.2 Å². The molecule has 2 aromatic rings. The predicted octanol–water partition coefficient (Wildman–Crippen LogP) is 2.65. The van der Waals surface area contributed by atoms with Gasteiger partial charge in [-0.15, -0.1) is 0 Å². The number of aromatic nitrogens is 1. The minimum absolute atomic E-state index is 0.234. The molecular weight excluding hydrogens is 324 g/mol. The van der Waals surface area contributed by atoms with Crippen LogP contribution in [0.5, 0.6) is 0 Å². The summed E-state index contributed by atoms with van der Waals surface area (Å²) in [5.41, 5.74) is 1.82. The number of methoxy groups -OCH3 is 1. The Kier molecular flexibility index (Phi) is 5.08. The van der Waals surface area contributed by atoms with Crippen molar-refractivity contribution in [2.45, 2.75) is 31.3 Å². The lowest BCUT2D eigenvalue weighted by Gasteiger charge is -2.24. The third kappa shape index (κ3) is 3.41. The second-order valence-electron chi connectivity index (χ2n) is 6.36. The maximum absolute atomic E-state index is 13.2. The highest BCUT2D eigenvalue weighted by atomic mass is 32.2. The van der Waals surface area contributed by atoms with Crippen LogP contribution in [0.1, 0.15) is 17.7 Å². The van der Waals surface area contributed by atoms with E-state index in [4.69, 9.17) is 4.74 Å². The highest BCUT2D eigenvalue weighted by Gasteiger charge is 2.31. The Morgan fingerprint density at radius 3 is 2.71 bits per heavy atom. The summed E-state index contributed by atoms with van der Waals surface area (Å²) in [6, 6.07) is 11.2. The van der Waals surface area contributed by atoms with E-state index in [0.29, 0.717) is 24.6 Å². The molecule has 0 fully saturated rings. The van der Waals surface area contributed by atoms with Crippen LogP contribution in [0.25, 0.3) is 0 Å². The van der Waals surface area contributed by atoms with Crippen LogP contribution in [0.3, 0.4) is 0 Å². The summed E-state index contributed by atoms with van der Waals surface area (Å²) in [5.74, 6) is 0.234. The minimum atomic E-state index is -3.52. The van der Waals surface area contributed by atoms with Crippen molar-refractivity contribution in [2.75, 3.05) is 20.3 Å². The first-order valence-corrected chi connectivity index (χ1v) is 9.65. The molecule has 0 unspecified atom stereocenters. The fourth-order valence-corrected chi connectivity index (χ4v) is 4.99. The number of sulfonamides is 1. The molecule has 24 heavy (non-hydrogen) atoms. The van der Waals surface area contributed by atoms with Crippen LogP contribution in [0.15, 0.2) is 47.5 Å². The quantitative estimate of drug-likeness (QED) is 0.835. The topological polar surface area (TPSA) is 51.5 Å². The van der Waals surface area contributed by atoms with Crippen LogP contribution in [-0.4, -0.2) is 37.6 Å². The molecule has 0 N–H and O–H groups in total. The first-order valence-electron chi connectivity index (χ1n) is 8.21. The summed E-state index contributed by atoms with van der Waals surface area (Å²) in [4.78, 5) is 0.399. The van der Waals surface area contributed by atoms with Crippen molar-refractivity contribution >= 4 is 10.0 Å². The van der Waals surface area contributed by atoms with Crippen molar-refractivity contribution in [1.82, 2.24) is 8.87 Å². The Morgan fingerprint density at radius 1 is 1.17 bits per heavy atom. The average Bonchev–Trinajstić information content (AvgIpc) is 2.91. The van der Waals surface area contributed by atoms with E-state index in [1.165, 1.54) is 0 Å². The molecule has 6 heteroatoms. The Hall–Kier alpha value is -1.63. The second kappa shape index (κ2) is 7.09. The molecule has 0 saturated carbocycles. The lowest BCUT2D eigenvalue weighted by atomic mass is 10.1.